The Labute approximate surface area is 104 Å². The van der Waals surface area contributed by atoms with Crippen molar-refractivity contribution >= 4 is 16.9 Å². The van der Waals surface area contributed by atoms with Gasteiger partial charge in [-0.25, -0.2) is 4.98 Å². The van der Waals surface area contributed by atoms with E-state index in [0.29, 0.717) is 5.56 Å². The molecule has 1 aromatic carbocycles. The summed E-state index contributed by atoms with van der Waals surface area (Å²) in [7, 11) is 0. The topological polar surface area (TPSA) is 98.2 Å². The van der Waals surface area contributed by atoms with Crippen LogP contribution in [0.1, 0.15) is 17.3 Å². The number of aromatic amines is 1. The fraction of sp³-hybridized carbons (Fsp3) is 0.333. The molecule has 0 spiro atoms. The van der Waals surface area contributed by atoms with E-state index in [1.165, 1.54) is 6.92 Å². The highest BCUT2D eigenvalue weighted by molar-refractivity contribution is 5.97. The molecule has 0 aliphatic heterocycles. The maximum Gasteiger partial charge on any atom is 0.251 e. The zero-order valence-electron chi connectivity index (χ0n) is 9.97. The van der Waals surface area contributed by atoms with Crippen molar-refractivity contribution in [2.45, 2.75) is 12.5 Å². The molecule has 96 valence electrons. The Hall–Kier alpha value is -1.92. The molecule has 1 heterocycles. The van der Waals surface area contributed by atoms with Gasteiger partial charge in [-0.15, -0.1) is 0 Å². The number of aliphatic hydroxyl groups is 2. The summed E-state index contributed by atoms with van der Waals surface area (Å²) in [6.07, 6.45) is 1.56. The van der Waals surface area contributed by atoms with Crippen molar-refractivity contribution in [2.75, 3.05) is 13.2 Å². The molecule has 6 nitrogen and oxygen atoms in total. The van der Waals surface area contributed by atoms with E-state index in [-0.39, 0.29) is 12.5 Å². The van der Waals surface area contributed by atoms with Gasteiger partial charge in [0.15, 0.2) is 0 Å². The highest BCUT2D eigenvalue weighted by Gasteiger charge is 2.20. The first kappa shape index (κ1) is 12.5. The van der Waals surface area contributed by atoms with Crippen LogP contribution in [0, 0.1) is 0 Å². The number of rotatable bonds is 4. The number of fused-ring (bicyclic) bond motifs is 1. The summed E-state index contributed by atoms with van der Waals surface area (Å²) in [4.78, 5) is 18.8. The number of aromatic nitrogens is 2. The number of hydrogen-bond acceptors (Lipinski definition) is 4. The average Bonchev–Trinajstić information content (AvgIpc) is 2.83. The van der Waals surface area contributed by atoms with Gasteiger partial charge in [0.2, 0.25) is 0 Å². The van der Waals surface area contributed by atoms with Gasteiger partial charge in [0, 0.05) is 12.1 Å². The largest absolute Gasteiger partial charge is 0.393 e. The van der Waals surface area contributed by atoms with Crippen LogP contribution >= 0.6 is 0 Å². The molecule has 4 N–H and O–H groups in total. The number of imidazole rings is 1. The minimum atomic E-state index is -1.31. The lowest BCUT2D eigenvalue weighted by Gasteiger charge is -2.20. The Balaban J connectivity index is 2.08. The average molecular weight is 249 g/mol. The third-order valence-electron chi connectivity index (χ3n) is 2.65. The Bertz CT molecular complexity index is 562. The Morgan fingerprint density at radius 2 is 2.33 bits per heavy atom. The van der Waals surface area contributed by atoms with E-state index in [4.69, 9.17) is 5.11 Å². The minimum Gasteiger partial charge on any atom is -0.393 e. The molecule has 18 heavy (non-hydrogen) atoms. The number of carbonyl (C=O) groups is 1. The van der Waals surface area contributed by atoms with Crippen LogP contribution in [-0.4, -0.2) is 44.8 Å². The molecule has 1 atom stereocenters. The van der Waals surface area contributed by atoms with E-state index in [9.17, 15) is 9.90 Å². The molecular weight excluding hydrogens is 234 g/mol. The molecule has 0 aliphatic carbocycles. The van der Waals surface area contributed by atoms with Crippen molar-refractivity contribution in [1.82, 2.24) is 15.3 Å². The third kappa shape index (κ3) is 2.66. The Kier molecular flexibility index (Phi) is 3.31. The van der Waals surface area contributed by atoms with Crippen LogP contribution in [0.15, 0.2) is 24.5 Å². The van der Waals surface area contributed by atoms with Crippen molar-refractivity contribution in [2.24, 2.45) is 0 Å². The normalized spacial score (nSPS) is 14.4. The number of carbonyl (C=O) groups excluding carboxylic acids is 1. The molecule has 6 heteroatoms. The third-order valence-corrected chi connectivity index (χ3v) is 2.65. The van der Waals surface area contributed by atoms with E-state index in [0.717, 1.165) is 11.0 Å². The van der Waals surface area contributed by atoms with Crippen LogP contribution in [0.2, 0.25) is 0 Å². The van der Waals surface area contributed by atoms with Crippen LogP contribution in [0.4, 0.5) is 0 Å². The van der Waals surface area contributed by atoms with Crippen molar-refractivity contribution in [3.8, 4) is 0 Å². The lowest BCUT2D eigenvalue weighted by atomic mass is 10.1. The summed E-state index contributed by atoms with van der Waals surface area (Å²) in [6, 6.07) is 5.09. The smallest absolute Gasteiger partial charge is 0.251 e. The molecule has 0 saturated heterocycles. The number of benzene rings is 1. The molecule has 0 fully saturated rings. The molecule has 0 bridgehead atoms. The second-order valence-corrected chi connectivity index (χ2v) is 4.47. The number of amides is 1. The summed E-state index contributed by atoms with van der Waals surface area (Å²) in [6.45, 7) is 1.03. The molecule has 1 unspecified atom stereocenters. The summed E-state index contributed by atoms with van der Waals surface area (Å²) in [5.41, 5.74) is 0.722. The van der Waals surface area contributed by atoms with Crippen molar-refractivity contribution in [1.29, 1.82) is 0 Å². The number of nitrogens with zero attached hydrogens (tertiary/aromatic N) is 1. The highest BCUT2D eigenvalue weighted by atomic mass is 16.3. The zero-order valence-corrected chi connectivity index (χ0v) is 9.97. The molecule has 1 amide bonds. The van der Waals surface area contributed by atoms with Crippen LogP contribution in [-0.2, 0) is 0 Å². The highest BCUT2D eigenvalue weighted by Crippen LogP contribution is 2.11. The van der Waals surface area contributed by atoms with E-state index >= 15 is 0 Å². The van der Waals surface area contributed by atoms with Gasteiger partial charge in [0.1, 0.15) is 5.60 Å². The summed E-state index contributed by atoms with van der Waals surface area (Å²) >= 11 is 0. The quantitative estimate of drug-likeness (QED) is 0.614. The van der Waals surface area contributed by atoms with Crippen LogP contribution in [0.3, 0.4) is 0 Å². The number of aliphatic hydroxyl groups excluding tert-OH is 1. The van der Waals surface area contributed by atoms with Gasteiger partial charge in [-0.05, 0) is 25.1 Å². The molecule has 2 aromatic rings. The van der Waals surface area contributed by atoms with Gasteiger partial charge in [0.05, 0.1) is 24.0 Å². The number of hydrogen-bond donors (Lipinski definition) is 4. The lowest BCUT2D eigenvalue weighted by Crippen LogP contribution is -2.43. The summed E-state index contributed by atoms with van der Waals surface area (Å²) in [5.74, 6) is -0.305. The van der Waals surface area contributed by atoms with E-state index in [1.807, 2.05) is 0 Å². The Morgan fingerprint density at radius 1 is 1.56 bits per heavy atom. The zero-order chi connectivity index (χ0) is 13.2. The van der Waals surface area contributed by atoms with Crippen molar-refractivity contribution < 1.29 is 15.0 Å². The first-order chi connectivity index (χ1) is 8.52. The van der Waals surface area contributed by atoms with Crippen molar-refractivity contribution in [3.63, 3.8) is 0 Å². The van der Waals surface area contributed by atoms with Crippen LogP contribution in [0.5, 0.6) is 0 Å². The van der Waals surface area contributed by atoms with Gasteiger partial charge in [0.25, 0.3) is 5.91 Å². The van der Waals surface area contributed by atoms with Gasteiger partial charge in [-0.3, -0.25) is 4.79 Å². The second-order valence-electron chi connectivity index (χ2n) is 4.47. The maximum absolute atomic E-state index is 11.8. The predicted molar refractivity (Wildman–Crippen MR) is 66.1 cm³/mol. The lowest BCUT2D eigenvalue weighted by molar-refractivity contribution is 0.00320. The van der Waals surface area contributed by atoms with Crippen LogP contribution in [0.25, 0.3) is 11.0 Å². The number of H-pyrrole nitrogens is 1. The molecule has 2 rings (SSSR count). The predicted octanol–water partition coefficient (Wildman–Crippen LogP) is 0.0360. The molecule has 0 radical (unpaired) electrons. The molecule has 1 aromatic heterocycles. The van der Waals surface area contributed by atoms with E-state index in [2.05, 4.69) is 15.3 Å². The van der Waals surface area contributed by atoms with Gasteiger partial charge >= 0.3 is 0 Å². The second kappa shape index (κ2) is 4.75. The fourth-order valence-corrected chi connectivity index (χ4v) is 1.51. The van der Waals surface area contributed by atoms with Crippen molar-refractivity contribution in [3.05, 3.63) is 30.1 Å². The van der Waals surface area contributed by atoms with Crippen LogP contribution < -0.4 is 5.32 Å². The Morgan fingerprint density at radius 3 is 3.06 bits per heavy atom. The van der Waals surface area contributed by atoms with Gasteiger partial charge in [-0.1, -0.05) is 0 Å². The maximum atomic E-state index is 11.8. The molecular formula is C12H15N3O3. The summed E-state index contributed by atoms with van der Waals surface area (Å²) < 4.78 is 0. The first-order valence-corrected chi connectivity index (χ1v) is 5.56. The fourth-order valence-electron chi connectivity index (χ4n) is 1.51. The minimum absolute atomic E-state index is 0.0106. The SMILES string of the molecule is CC(O)(CO)CNC(=O)c1ccc2nc[nH]c2c1. The van der Waals surface area contributed by atoms with E-state index < -0.39 is 12.2 Å². The summed E-state index contributed by atoms with van der Waals surface area (Å²) in [5, 5.41) is 21.0. The number of nitrogens with one attached hydrogen (secondary N) is 2. The molecule has 0 aliphatic rings. The first-order valence-electron chi connectivity index (χ1n) is 5.56. The monoisotopic (exact) mass is 249 g/mol. The van der Waals surface area contributed by atoms with Gasteiger partial charge in [-0.2, -0.15) is 0 Å². The standard InChI is InChI=1S/C12H15N3O3/c1-12(18,6-16)5-13-11(17)8-2-3-9-10(4-8)15-7-14-9/h2-4,7,16,18H,5-6H2,1H3,(H,13,17)(H,14,15). The van der Waals surface area contributed by atoms with Gasteiger partial charge < -0.3 is 20.5 Å². The van der Waals surface area contributed by atoms with E-state index in [1.54, 1.807) is 24.5 Å². The molecule has 0 saturated carbocycles.